The lowest BCUT2D eigenvalue weighted by molar-refractivity contribution is -0.0212. The Morgan fingerprint density at radius 3 is 2.71 bits per heavy atom. The number of ether oxygens (including phenoxy) is 1. The van der Waals surface area contributed by atoms with E-state index >= 15 is 0 Å². The van der Waals surface area contributed by atoms with E-state index < -0.39 is 33.5 Å². The van der Waals surface area contributed by atoms with E-state index in [-0.39, 0.29) is 30.0 Å². The molecule has 0 amide bonds. The summed E-state index contributed by atoms with van der Waals surface area (Å²) in [5.74, 6) is -1.52. The van der Waals surface area contributed by atoms with Gasteiger partial charge in [0.2, 0.25) is 0 Å². The molecule has 2 heterocycles. The van der Waals surface area contributed by atoms with Crippen molar-refractivity contribution in [3.05, 3.63) is 77.4 Å². The first-order valence-corrected chi connectivity index (χ1v) is 11.0. The Morgan fingerprint density at radius 2 is 2.03 bits per heavy atom. The first-order valence-electron chi connectivity index (χ1n) is 9.61. The van der Waals surface area contributed by atoms with Gasteiger partial charge in [-0.2, -0.15) is 13.5 Å². The van der Waals surface area contributed by atoms with Crippen molar-refractivity contribution >= 4 is 10.1 Å². The molecule has 164 valence electrons. The average molecular weight is 449 g/mol. The van der Waals surface area contributed by atoms with Gasteiger partial charge in [0.15, 0.2) is 0 Å². The van der Waals surface area contributed by atoms with Gasteiger partial charge in [-0.15, -0.1) is 0 Å². The minimum absolute atomic E-state index is 0.0273. The van der Waals surface area contributed by atoms with E-state index in [1.165, 1.54) is 29.5 Å². The Balaban J connectivity index is 1.64. The summed E-state index contributed by atoms with van der Waals surface area (Å²) < 4.78 is 66.7. The third-order valence-electron chi connectivity index (χ3n) is 5.27. The van der Waals surface area contributed by atoms with E-state index in [0.29, 0.717) is 5.56 Å². The van der Waals surface area contributed by atoms with E-state index in [1.54, 1.807) is 19.1 Å². The predicted molar refractivity (Wildman–Crippen MR) is 107 cm³/mol. The average Bonchev–Trinajstić information content (AvgIpc) is 3.32. The van der Waals surface area contributed by atoms with Crippen LogP contribution in [0.4, 0.5) is 8.78 Å². The maximum Gasteiger partial charge on any atom is 0.297 e. The molecule has 0 N–H and O–H groups in total. The lowest BCUT2D eigenvalue weighted by Gasteiger charge is -2.29. The first kappa shape index (κ1) is 21.5. The third-order valence-corrected chi connectivity index (χ3v) is 6.79. The van der Waals surface area contributed by atoms with E-state index in [1.807, 2.05) is 6.92 Å². The first-order chi connectivity index (χ1) is 14.7. The van der Waals surface area contributed by atoms with Crippen LogP contribution in [0.15, 0.2) is 53.9 Å². The molecule has 0 spiro atoms. The maximum atomic E-state index is 14.7. The van der Waals surface area contributed by atoms with Gasteiger partial charge in [-0.25, -0.2) is 18.4 Å². The van der Waals surface area contributed by atoms with Gasteiger partial charge in [0, 0.05) is 18.1 Å². The van der Waals surface area contributed by atoms with Crippen molar-refractivity contribution < 1.29 is 26.1 Å². The number of halogens is 2. The zero-order valence-electron chi connectivity index (χ0n) is 17.0. The Bertz CT molecular complexity index is 1200. The summed E-state index contributed by atoms with van der Waals surface area (Å²) in [6.07, 6.45) is 1.92. The second-order valence-electron chi connectivity index (χ2n) is 7.67. The van der Waals surface area contributed by atoms with Crippen molar-refractivity contribution in [2.24, 2.45) is 0 Å². The molecular formula is C21H21F2N3O4S. The highest BCUT2D eigenvalue weighted by Crippen LogP contribution is 2.41. The van der Waals surface area contributed by atoms with Gasteiger partial charge in [0.25, 0.3) is 10.1 Å². The van der Waals surface area contributed by atoms with Crippen molar-refractivity contribution in [2.45, 2.75) is 43.4 Å². The molecule has 7 nitrogen and oxygen atoms in total. The van der Waals surface area contributed by atoms with Crippen LogP contribution in [0.1, 0.15) is 23.1 Å². The van der Waals surface area contributed by atoms with E-state index in [0.717, 1.165) is 17.7 Å². The van der Waals surface area contributed by atoms with Crippen molar-refractivity contribution in [3.8, 4) is 0 Å². The van der Waals surface area contributed by atoms with Gasteiger partial charge in [0.1, 0.15) is 36.0 Å². The van der Waals surface area contributed by atoms with Crippen LogP contribution in [-0.2, 0) is 31.2 Å². The van der Waals surface area contributed by atoms with Crippen LogP contribution in [0.2, 0.25) is 0 Å². The van der Waals surface area contributed by atoms with Crippen LogP contribution >= 0.6 is 0 Å². The van der Waals surface area contributed by atoms with Gasteiger partial charge >= 0.3 is 0 Å². The topological polar surface area (TPSA) is 83.3 Å². The van der Waals surface area contributed by atoms with Gasteiger partial charge in [-0.05, 0) is 31.5 Å². The van der Waals surface area contributed by atoms with Crippen LogP contribution in [0, 0.1) is 25.5 Å². The van der Waals surface area contributed by atoms with E-state index in [2.05, 4.69) is 10.1 Å². The molecular weight excluding hydrogens is 428 g/mol. The molecule has 0 radical (unpaired) electrons. The molecule has 1 saturated heterocycles. The zero-order chi connectivity index (χ0) is 22.2. The van der Waals surface area contributed by atoms with E-state index in [9.17, 15) is 17.2 Å². The molecule has 0 bridgehead atoms. The zero-order valence-corrected chi connectivity index (χ0v) is 17.8. The van der Waals surface area contributed by atoms with Gasteiger partial charge < -0.3 is 4.74 Å². The Morgan fingerprint density at radius 1 is 1.23 bits per heavy atom. The molecule has 1 aromatic heterocycles. The molecule has 1 aliphatic rings. The van der Waals surface area contributed by atoms with Crippen LogP contribution in [0.25, 0.3) is 0 Å². The molecule has 31 heavy (non-hydrogen) atoms. The molecule has 1 fully saturated rings. The van der Waals surface area contributed by atoms with Gasteiger partial charge in [-0.1, -0.05) is 23.8 Å². The standard InChI is InChI=1S/C21H21F2N3O4S/c1-14-3-6-20(15(2)7-14)31(27,28)30-17-9-21(29-10-17,11-26-13-24-12-25-26)18-5-4-16(22)8-19(18)23/h3-8,12-13,17H,9-11H2,1-2H3/t17-,21-/m0/s1. The minimum atomic E-state index is -4.07. The molecule has 4 rings (SSSR count). The summed E-state index contributed by atoms with van der Waals surface area (Å²) >= 11 is 0. The van der Waals surface area contributed by atoms with Crippen molar-refractivity contribution in [2.75, 3.05) is 6.61 Å². The van der Waals surface area contributed by atoms with Gasteiger partial charge in [-0.3, -0.25) is 4.18 Å². The normalized spacial score (nSPS) is 21.5. The highest BCUT2D eigenvalue weighted by atomic mass is 32.2. The highest BCUT2D eigenvalue weighted by molar-refractivity contribution is 7.86. The van der Waals surface area contributed by atoms with Crippen LogP contribution in [0.5, 0.6) is 0 Å². The summed E-state index contributed by atoms with van der Waals surface area (Å²) in [5, 5.41) is 4.03. The molecule has 2 atom stereocenters. The summed E-state index contributed by atoms with van der Waals surface area (Å²) in [4.78, 5) is 3.95. The fourth-order valence-electron chi connectivity index (χ4n) is 3.93. The number of hydrogen-bond donors (Lipinski definition) is 0. The lowest BCUT2D eigenvalue weighted by Crippen LogP contribution is -2.33. The minimum Gasteiger partial charge on any atom is -0.365 e. The SMILES string of the molecule is Cc1ccc(S(=O)(=O)O[C@@H]2CO[C@@](Cn3cncn3)(c3ccc(F)cc3F)C2)c(C)c1. The van der Waals surface area contributed by atoms with Crippen molar-refractivity contribution in [1.29, 1.82) is 0 Å². The summed E-state index contributed by atoms with van der Waals surface area (Å²) in [7, 11) is -4.07. The molecule has 0 aliphatic carbocycles. The number of hydrogen-bond acceptors (Lipinski definition) is 6. The molecule has 3 aromatic rings. The third kappa shape index (κ3) is 4.36. The maximum absolute atomic E-state index is 14.7. The largest absolute Gasteiger partial charge is 0.365 e. The van der Waals surface area contributed by atoms with Crippen molar-refractivity contribution in [1.82, 2.24) is 14.8 Å². The Kier molecular flexibility index (Phi) is 5.63. The second kappa shape index (κ2) is 8.10. The Labute approximate surface area is 178 Å². The fraction of sp³-hybridized carbons (Fsp3) is 0.333. The molecule has 0 unspecified atom stereocenters. The summed E-state index contributed by atoms with van der Waals surface area (Å²) in [6, 6.07) is 8.14. The lowest BCUT2D eigenvalue weighted by atomic mass is 9.89. The fourth-order valence-corrected chi connectivity index (χ4v) is 5.20. The number of benzene rings is 2. The number of aryl methyl sites for hydroxylation is 2. The molecule has 0 saturated carbocycles. The summed E-state index contributed by atoms with van der Waals surface area (Å²) in [5.41, 5.74) is 0.296. The molecule has 1 aliphatic heterocycles. The highest BCUT2D eigenvalue weighted by Gasteiger charge is 2.46. The van der Waals surface area contributed by atoms with E-state index in [4.69, 9.17) is 8.92 Å². The smallest absolute Gasteiger partial charge is 0.297 e. The quantitative estimate of drug-likeness (QED) is 0.537. The number of aromatic nitrogens is 3. The van der Waals surface area contributed by atoms with Crippen LogP contribution in [-0.4, -0.2) is 35.9 Å². The van der Waals surface area contributed by atoms with Crippen LogP contribution < -0.4 is 0 Å². The van der Waals surface area contributed by atoms with Crippen molar-refractivity contribution in [3.63, 3.8) is 0 Å². The van der Waals surface area contributed by atoms with Gasteiger partial charge in [0.05, 0.1) is 18.0 Å². The monoisotopic (exact) mass is 449 g/mol. The van der Waals surface area contributed by atoms with Crippen LogP contribution in [0.3, 0.4) is 0 Å². The summed E-state index contributed by atoms with van der Waals surface area (Å²) in [6.45, 7) is 3.52. The second-order valence-corrected chi connectivity index (χ2v) is 9.21. The molecule has 2 aromatic carbocycles. The predicted octanol–water partition coefficient (Wildman–Crippen LogP) is 3.26. The number of nitrogens with zero attached hydrogens (tertiary/aromatic N) is 3. The number of rotatable bonds is 6. The molecule has 10 heteroatoms. The Hall–Kier alpha value is -2.69.